The summed E-state index contributed by atoms with van der Waals surface area (Å²) in [7, 11) is 0. The summed E-state index contributed by atoms with van der Waals surface area (Å²) < 4.78 is 0. The van der Waals surface area contributed by atoms with Crippen LogP contribution in [0.15, 0.2) is 54.6 Å². The summed E-state index contributed by atoms with van der Waals surface area (Å²) in [6, 6.07) is 15.3. The van der Waals surface area contributed by atoms with Crippen molar-refractivity contribution in [1.82, 2.24) is 0 Å². The highest BCUT2D eigenvalue weighted by Gasteiger charge is 2.03. The first-order valence-electron chi connectivity index (χ1n) is 8.97. The van der Waals surface area contributed by atoms with E-state index in [-0.39, 0.29) is 11.8 Å². The van der Waals surface area contributed by atoms with Gasteiger partial charge in [-0.3, -0.25) is 9.59 Å². The Morgan fingerprint density at radius 3 is 2.27 bits per heavy atom. The van der Waals surface area contributed by atoms with Crippen molar-refractivity contribution in [3.05, 3.63) is 65.7 Å². The van der Waals surface area contributed by atoms with Gasteiger partial charge in [-0.05, 0) is 47.7 Å². The Balaban J connectivity index is 1.95. The molecule has 0 unspecified atom stereocenters. The van der Waals surface area contributed by atoms with Gasteiger partial charge in [0.05, 0.1) is 0 Å². The minimum Gasteiger partial charge on any atom is -0.326 e. The summed E-state index contributed by atoms with van der Waals surface area (Å²) in [5.41, 5.74) is 3.57. The first kappa shape index (κ1) is 19.4. The Morgan fingerprint density at radius 2 is 1.65 bits per heavy atom. The number of hydrogen-bond donors (Lipinski definition) is 2. The third-order valence-electron chi connectivity index (χ3n) is 3.92. The average Bonchev–Trinajstić information content (AvgIpc) is 2.61. The number of benzene rings is 2. The quantitative estimate of drug-likeness (QED) is 0.674. The Morgan fingerprint density at radius 1 is 1.00 bits per heavy atom. The predicted octanol–water partition coefficient (Wildman–Crippen LogP) is 5.20. The lowest BCUT2D eigenvalue weighted by molar-refractivity contribution is -0.116. The molecule has 0 aliphatic carbocycles. The van der Waals surface area contributed by atoms with Crippen molar-refractivity contribution in [3.63, 3.8) is 0 Å². The molecule has 2 amide bonds. The van der Waals surface area contributed by atoms with Crippen molar-refractivity contribution in [2.75, 3.05) is 10.6 Å². The Bertz CT molecular complexity index is 777. The molecule has 2 aromatic carbocycles. The van der Waals surface area contributed by atoms with Crippen LogP contribution in [0.5, 0.6) is 0 Å². The van der Waals surface area contributed by atoms with E-state index in [4.69, 9.17) is 0 Å². The molecule has 0 aromatic heterocycles. The van der Waals surface area contributed by atoms with E-state index in [9.17, 15) is 9.59 Å². The van der Waals surface area contributed by atoms with E-state index < -0.39 is 0 Å². The molecule has 4 nitrogen and oxygen atoms in total. The zero-order chi connectivity index (χ0) is 18.9. The van der Waals surface area contributed by atoms with Gasteiger partial charge in [0, 0.05) is 23.9 Å². The first-order chi connectivity index (χ1) is 12.5. The maximum Gasteiger partial charge on any atom is 0.248 e. The third kappa shape index (κ3) is 6.20. The molecule has 0 aliphatic heterocycles. The molecule has 0 saturated heterocycles. The summed E-state index contributed by atoms with van der Waals surface area (Å²) in [6.45, 7) is 6.26. The van der Waals surface area contributed by atoms with Crippen LogP contribution in [0.4, 0.5) is 11.4 Å². The zero-order valence-corrected chi connectivity index (χ0v) is 15.6. The summed E-state index contributed by atoms with van der Waals surface area (Å²) in [5, 5.41) is 5.63. The zero-order valence-electron chi connectivity index (χ0n) is 15.6. The highest BCUT2D eigenvalue weighted by Crippen LogP contribution is 2.17. The second kappa shape index (κ2) is 9.56. The van der Waals surface area contributed by atoms with Gasteiger partial charge in [0.2, 0.25) is 11.8 Å². The maximum absolute atomic E-state index is 12.1. The minimum absolute atomic E-state index is 0.0271. The first-order valence-corrected chi connectivity index (χ1v) is 8.97. The molecule has 2 N–H and O–H groups in total. The summed E-state index contributed by atoms with van der Waals surface area (Å²) in [4.78, 5) is 23.8. The van der Waals surface area contributed by atoms with Crippen LogP contribution in [0.2, 0.25) is 0 Å². The van der Waals surface area contributed by atoms with Gasteiger partial charge < -0.3 is 10.6 Å². The lowest BCUT2D eigenvalue weighted by atomic mass is 10.0. The summed E-state index contributed by atoms with van der Waals surface area (Å²) in [6.07, 6.45) is 4.57. The molecular formula is C22H26N2O2. The average molecular weight is 350 g/mol. The van der Waals surface area contributed by atoms with Crippen molar-refractivity contribution in [3.8, 4) is 0 Å². The van der Waals surface area contributed by atoms with E-state index in [2.05, 4.69) is 36.6 Å². The SMILES string of the molecule is CCCC(=O)Nc1cccc(NC(=O)/C=C/c2ccc(C(C)C)cc2)c1. The number of rotatable bonds is 7. The third-order valence-corrected chi connectivity index (χ3v) is 3.92. The molecule has 26 heavy (non-hydrogen) atoms. The largest absolute Gasteiger partial charge is 0.326 e. The van der Waals surface area contributed by atoms with Crippen molar-refractivity contribution in [2.45, 2.75) is 39.5 Å². The van der Waals surface area contributed by atoms with Crippen molar-refractivity contribution >= 4 is 29.3 Å². The Labute approximate surface area is 155 Å². The van der Waals surface area contributed by atoms with Gasteiger partial charge in [0.15, 0.2) is 0 Å². The van der Waals surface area contributed by atoms with E-state index in [0.717, 1.165) is 12.0 Å². The number of anilines is 2. The molecule has 0 fully saturated rings. The van der Waals surface area contributed by atoms with Gasteiger partial charge in [0.25, 0.3) is 0 Å². The summed E-state index contributed by atoms with van der Waals surface area (Å²) >= 11 is 0. The van der Waals surface area contributed by atoms with Crippen molar-refractivity contribution in [1.29, 1.82) is 0 Å². The molecule has 0 radical (unpaired) electrons. The number of nitrogens with one attached hydrogen (secondary N) is 2. The van der Waals surface area contributed by atoms with E-state index in [1.54, 1.807) is 30.3 Å². The number of amides is 2. The van der Waals surface area contributed by atoms with E-state index in [1.165, 1.54) is 11.6 Å². The standard InChI is InChI=1S/C22H26N2O2/c1-4-6-21(25)23-19-7-5-8-20(15-19)24-22(26)14-11-17-9-12-18(13-10-17)16(2)3/h5,7-16H,4,6H2,1-3H3,(H,23,25)(H,24,26)/b14-11+. The van der Waals surface area contributed by atoms with Gasteiger partial charge in [0.1, 0.15) is 0 Å². The van der Waals surface area contributed by atoms with Crippen molar-refractivity contribution in [2.24, 2.45) is 0 Å². The molecular weight excluding hydrogens is 324 g/mol. The van der Waals surface area contributed by atoms with Crippen LogP contribution < -0.4 is 10.6 Å². The van der Waals surface area contributed by atoms with Crippen LogP contribution in [-0.4, -0.2) is 11.8 Å². The van der Waals surface area contributed by atoms with Gasteiger partial charge in [-0.2, -0.15) is 0 Å². The van der Waals surface area contributed by atoms with E-state index in [1.807, 2.05) is 19.1 Å². The van der Waals surface area contributed by atoms with Crippen LogP contribution in [0.3, 0.4) is 0 Å². The minimum atomic E-state index is -0.213. The van der Waals surface area contributed by atoms with E-state index in [0.29, 0.717) is 23.7 Å². The molecule has 2 rings (SSSR count). The van der Waals surface area contributed by atoms with Crippen LogP contribution in [-0.2, 0) is 9.59 Å². The highest BCUT2D eigenvalue weighted by atomic mass is 16.2. The fraction of sp³-hybridized carbons (Fsp3) is 0.273. The van der Waals surface area contributed by atoms with Gasteiger partial charge in [-0.25, -0.2) is 0 Å². The van der Waals surface area contributed by atoms with E-state index >= 15 is 0 Å². The smallest absolute Gasteiger partial charge is 0.248 e. The molecule has 0 spiro atoms. The van der Waals surface area contributed by atoms with Gasteiger partial charge in [-0.15, -0.1) is 0 Å². The monoisotopic (exact) mass is 350 g/mol. The van der Waals surface area contributed by atoms with Crippen LogP contribution in [0.1, 0.15) is 50.7 Å². The Kier molecular flexibility index (Phi) is 7.15. The molecule has 0 aliphatic rings. The molecule has 0 atom stereocenters. The molecule has 0 heterocycles. The molecule has 0 bridgehead atoms. The van der Waals surface area contributed by atoms with Gasteiger partial charge in [-0.1, -0.05) is 51.1 Å². The number of hydrogen-bond acceptors (Lipinski definition) is 2. The normalized spacial score (nSPS) is 10.9. The van der Waals surface area contributed by atoms with Crippen LogP contribution in [0.25, 0.3) is 6.08 Å². The number of carbonyl (C=O) groups is 2. The topological polar surface area (TPSA) is 58.2 Å². The Hall–Kier alpha value is -2.88. The second-order valence-corrected chi connectivity index (χ2v) is 6.52. The lowest BCUT2D eigenvalue weighted by Crippen LogP contribution is -2.12. The second-order valence-electron chi connectivity index (χ2n) is 6.52. The fourth-order valence-corrected chi connectivity index (χ4v) is 2.47. The lowest BCUT2D eigenvalue weighted by Gasteiger charge is -2.07. The summed E-state index contributed by atoms with van der Waals surface area (Å²) in [5.74, 6) is 0.247. The fourth-order valence-electron chi connectivity index (χ4n) is 2.47. The van der Waals surface area contributed by atoms with Crippen LogP contribution >= 0.6 is 0 Å². The predicted molar refractivity (Wildman–Crippen MR) is 108 cm³/mol. The molecule has 136 valence electrons. The maximum atomic E-state index is 12.1. The molecule has 0 saturated carbocycles. The van der Waals surface area contributed by atoms with Gasteiger partial charge >= 0.3 is 0 Å². The number of carbonyl (C=O) groups excluding carboxylic acids is 2. The van der Waals surface area contributed by atoms with Crippen LogP contribution in [0, 0.1) is 0 Å². The molecule has 4 heteroatoms. The highest BCUT2D eigenvalue weighted by molar-refractivity contribution is 6.02. The molecule has 2 aromatic rings. The van der Waals surface area contributed by atoms with Crippen molar-refractivity contribution < 1.29 is 9.59 Å².